The van der Waals surface area contributed by atoms with E-state index in [4.69, 9.17) is 15.9 Å². The minimum atomic E-state index is -4.09. The van der Waals surface area contributed by atoms with Gasteiger partial charge in [-0.05, 0) is 44.2 Å². The van der Waals surface area contributed by atoms with Gasteiger partial charge in [-0.1, -0.05) is 12.0 Å². The lowest BCUT2D eigenvalue weighted by Gasteiger charge is -2.24. The van der Waals surface area contributed by atoms with E-state index in [0.717, 1.165) is 4.31 Å². The average molecular weight is 416 g/mol. The normalized spacial score (nSPS) is 10.7. The molecule has 0 unspecified atom stereocenters. The highest BCUT2D eigenvalue weighted by molar-refractivity contribution is 7.92. The van der Waals surface area contributed by atoms with E-state index in [1.807, 2.05) is 6.92 Å². The number of nitrogens with zero attached hydrogens (tertiary/aromatic N) is 1. The molecule has 0 bridgehead atoms. The summed E-state index contributed by atoms with van der Waals surface area (Å²) in [5, 5.41) is 2.44. The van der Waals surface area contributed by atoms with E-state index < -0.39 is 22.5 Å². The number of carbonyl (C=O) groups excluding carboxylic acids is 1. The predicted octanol–water partition coefficient (Wildman–Crippen LogP) is 2.41. The number of hydrogen-bond donors (Lipinski definition) is 1. The lowest BCUT2D eigenvalue weighted by atomic mass is 10.2. The van der Waals surface area contributed by atoms with Crippen LogP contribution in [0.3, 0.4) is 0 Å². The van der Waals surface area contributed by atoms with Crippen LogP contribution in [0.15, 0.2) is 47.4 Å². The van der Waals surface area contributed by atoms with E-state index in [-0.39, 0.29) is 10.6 Å². The molecule has 29 heavy (non-hydrogen) atoms. The first kappa shape index (κ1) is 22.1. The molecule has 1 N–H and O–H groups in total. The zero-order chi connectivity index (χ0) is 21.4. The number of amides is 1. The standard InChI is InChI=1S/C21H24N2O5S/c1-5-16-9-8-10-17(13-16)23(15-21(24)22-4)29(25,26)18-11-12-19(27-6-2)20(14-18)28-7-3/h1,8-14H,6-7,15H2,2-4H3,(H,22,24). The summed E-state index contributed by atoms with van der Waals surface area (Å²) < 4.78 is 38.9. The molecule has 0 aromatic heterocycles. The molecule has 0 atom stereocenters. The zero-order valence-corrected chi connectivity index (χ0v) is 17.5. The molecule has 1 amide bonds. The van der Waals surface area contributed by atoms with E-state index in [0.29, 0.717) is 30.3 Å². The van der Waals surface area contributed by atoms with Gasteiger partial charge in [-0.15, -0.1) is 6.42 Å². The largest absolute Gasteiger partial charge is 0.490 e. The fourth-order valence-electron chi connectivity index (χ4n) is 2.59. The topological polar surface area (TPSA) is 84.9 Å². The second-order valence-electron chi connectivity index (χ2n) is 5.85. The Morgan fingerprint density at radius 2 is 1.79 bits per heavy atom. The Morgan fingerprint density at radius 1 is 1.10 bits per heavy atom. The van der Waals surface area contributed by atoms with Gasteiger partial charge in [0.2, 0.25) is 5.91 Å². The Balaban J connectivity index is 2.58. The number of sulfonamides is 1. The lowest BCUT2D eigenvalue weighted by molar-refractivity contribution is -0.119. The molecule has 0 radical (unpaired) electrons. The zero-order valence-electron chi connectivity index (χ0n) is 16.6. The number of benzene rings is 2. The highest BCUT2D eigenvalue weighted by Crippen LogP contribution is 2.33. The third kappa shape index (κ3) is 5.21. The molecule has 2 aromatic rings. The molecule has 2 aromatic carbocycles. The Morgan fingerprint density at radius 3 is 2.41 bits per heavy atom. The van der Waals surface area contributed by atoms with Crippen molar-refractivity contribution in [2.75, 3.05) is 31.1 Å². The van der Waals surface area contributed by atoms with Crippen LogP contribution in [0.2, 0.25) is 0 Å². The average Bonchev–Trinajstić information content (AvgIpc) is 2.73. The quantitative estimate of drug-likeness (QED) is 0.635. The van der Waals surface area contributed by atoms with Crippen molar-refractivity contribution in [1.29, 1.82) is 0 Å². The molecule has 0 aliphatic carbocycles. The summed E-state index contributed by atoms with van der Waals surface area (Å²) in [6.07, 6.45) is 5.44. The van der Waals surface area contributed by atoms with Gasteiger partial charge in [-0.3, -0.25) is 9.10 Å². The number of ether oxygens (including phenoxy) is 2. The van der Waals surface area contributed by atoms with Gasteiger partial charge in [0.15, 0.2) is 11.5 Å². The van der Waals surface area contributed by atoms with Gasteiger partial charge in [0.25, 0.3) is 10.0 Å². The monoisotopic (exact) mass is 416 g/mol. The van der Waals surface area contributed by atoms with Crippen molar-refractivity contribution in [3.05, 3.63) is 48.0 Å². The van der Waals surface area contributed by atoms with Gasteiger partial charge in [0.05, 0.1) is 23.8 Å². The number of anilines is 1. The fourth-order valence-corrected chi connectivity index (χ4v) is 4.02. The second kappa shape index (κ2) is 9.85. The van der Waals surface area contributed by atoms with Crippen LogP contribution in [0.1, 0.15) is 19.4 Å². The Bertz CT molecular complexity index is 1010. The van der Waals surface area contributed by atoms with Crippen molar-refractivity contribution in [2.45, 2.75) is 18.7 Å². The number of rotatable bonds is 9. The second-order valence-corrected chi connectivity index (χ2v) is 7.72. The highest BCUT2D eigenvalue weighted by Gasteiger charge is 2.28. The molecule has 0 heterocycles. The number of likely N-dealkylation sites (N-methyl/N-ethyl adjacent to an activating group) is 1. The summed E-state index contributed by atoms with van der Waals surface area (Å²) in [6, 6.07) is 10.8. The van der Waals surface area contributed by atoms with E-state index in [9.17, 15) is 13.2 Å². The molecule has 0 aliphatic rings. The van der Waals surface area contributed by atoms with Gasteiger partial charge >= 0.3 is 0 Å². The first-order valence-electron chi connectivity index (χ1n) is 9.07. The van der Waals surface area contributed by atoms with E-state index >= 15 is 0 Å². The molecule has 2 rings (SSSR count). The van der Waals surface area contributed by atoms with Crippen molar-refractivity contribution < 1.29 is 22.7 Å². The number of hydrogen-bond acceptors (Lipinski definition) is 5. The van der Waals surface area contributed by atoms with Crippen LogP contribution in [-0.4, -0.2) is 41.1 Å². The van der Waals surface area contributed by atoms with Crippen molar-refractivity contribution in [2.24, 2.45) is 0 Å². The molecule has 7 nitrogen and oxygen atoms in total. The minimum absolute atomic E-state index is 0.0283. The Kier molecular flexibility index (Phi) is 7.51. The van der Waals surface area contributed by atoms with Gasteiger partial charge in [-0.2, -0.15) is 0 Å². The van der Waals surface area contributed by atoms with Crippen LogP contribution >= 0.6 is 0 Å². The van der Waals surface area contributed by atoms with Crippen LogP contribution in [0.4, 0.5) is 5.69 Å². The van der Waals surface area contributed by atoms with Gasteiger partial charge < -0.3 is 14.8 Å². The van der Waals surface area contributed by atoms with E-state index in [2.05, 4.69) is 11.2 Å². The van der Waals surface area contributed by atoms with Crippen LogP contribution in [0.25, 0.3) is 0 Å². The van der Waals surface area contributed by atoms with Gasteiger partial charge in [0, 0.05) is 18.7 Å². The molecule has 0 spiro atoms. The minimum Gasteiger partial charge on any atom is -0.490 e. The smallest absolute Gasteiger partial charge is 0.264 e. The van der Waals surface area contributed by atoms with Crippen molar-refractivity contribution >= 4 is 21.6 Å². The van der Waals surface area contributed by atoms with E-state index in [1.54, 1.807) is 31.2 Å². The van der Waals surface area contributed by atoms with Gasteiger partial charge in [0.1, 0.15) is 6.54 Å². The third-order valence-corrected chi connectivity index (χ3v) is 5.74. The molecule has 0 saturated carbocycles. The molecule has 0 fully saturated rings. The SMILES string of the molecule is C#Cc1cccc(N(CC(=O)NC)S(=O)(=O)c2ccc(OCC)c(OCC)c2)c1. The van der Waals surface area contributed by atoms with Crippen LogP contribution in [0, 0.1) is 12.3 Å². The number of carbonyl (C=O) groups is 1. The first-order valence-corrected chi connectivity index (χ1v) is 10.5. The lowest BCUT2D eigenvalue weighted by Crippen LogP contribution is -2.39. The highest BCUT2D eigenvalue weighted by atomic mass is 32.2. The van der Waals surface area contributed by atoms with Crippen LogP contribution < -0.4 is 19.1 Å². The molecular weight excluding hydrogens is 392 g/mol. The first-order chi connectivity index (χ1) is 13.9. The number of terminal acetylenes is 1. The van der Waals surface area contributed by atoms with Crippen molar-refractivity contribution in [3.63, 3.8) is 0 Å². The summed E-state index contributed by atoms with van der Waals surface area (Å²) in [5.41, 5.74) is 0.789. The fraction of sp³-hybridized carbons (Fsp3) is 0.286. The maximum absolute atomic E-state index is 13.4. The summed E-state index contributed by atoms with van der Waals surface area (Å²) in [7, 11) is -2.65. The summed E-state index contributed by atoms with van der Waals surface area (Å²) in [4.78, 5) is 12.0. The Hall–Kier alpha value is -3.18. The molecular formula is C21H24N2O5S. The molecule has 0 saturated heterocycles. The Labute approximate surface area is 171 Å². The van der Waals surface area contributed by atoms with Crippen molar-refractivity contribution in [1.82, 2.24) is 5.32 Å². The molecule has 0 aliphatic heterocycles. The maximum atomic E-state index is 13.4. The maximum Gasteiger partial charge on any atom is 0.264 e. The van der Waals surface area contributed by atoms with Crippen LogP contribution in [-0.2, 0) is 14.8 Å². The summed E-state index contributed by atoms with van der Waals surface area (Å²) >= 11 is 0. The molecule has 8 heteroatoms. The summed E-state index contributed by atoms with van der Waals surface area (Å²) in [5.74, 6) is 2.76. The third-order valence-electron chi connectivity index (χ3n) is 3.97. The van der Waals surface area contributed by atoms with Crippen LogP contribution in [0.5, 0.6) is 11.5 Å². The number of nitrogens with one attached hydrogen (secondary N) is 1. The predicted molar refractivity (Wildman–Crippen MR) is 112 cm³/mol. The van der Waals surface area contributed by atoms with Crippen molar-refractivity contribution in [3.8, 4) is 23.8 Å². The molecule has 154 valence electrons. The van der Waals surface area contributed by atoms with Gasteiger partial charge in [-0.25, -0.2) is 8.42 Å². The van der Waals surface area contributed by atoms with E-state index in [1.165, 1.54) is 25.2 Å². The summed E-state index contributed by atoms with van der Waals surface area (Å²) in [6.45, 7) is 3.97.